The first-order valence-electron chi connectivity index (χ1n) is 6.36. The molecule has 1 saturated heterocycles. The summed E-state index contributed by atoms with van der Waals surface area (Å²) >= 11 is 0. The molecule has 0 aromatic heterocycles. The first-order chi connectivity index (χ1) is 9.29. The van der Waals surface area contributed by atoms with Gasteiger partial charge in [-0.15, -0.1) is 0 Å². The molecule has 1 aliphatic heterocycles. The van der Waals surface area contributed by atoms with Gasteiger partial charge in [-0.2, -0.15) is 5.26 Å². The van der Waals surface area contributed by atoms with Gasteiger partial charge in [-0.25, -0.2) is 0 Å². The first-order valence-corrected chi connectivity index (χ1v) is 6.36. The predicted octanol–water partition coefficient (Wildman–Crippen LogP) is 0.524. The maximum Gasteiger partial charge on any atom is 0.251 e. The Morgan fingerprint density at radius 1 is 1.58 bits per heavy atom. The highest BCUT2D eigenvalue weighted by Crippen LogP contribution is 2.05. The van der Waals surface area contributed by atoms with Crippen molar-refractivity contribution in [1.82, 2.24) is 10.6 Å². The molecule has 1 amide bonds. The van der Waals surface area contributed by atoms with Crippen LogP contribution in [0.1, 0.15) is 15.9 Å². The average molecular weight is 259 g/mol. The molecule has 100 valence electrons. The Morgan fingerprint density at radius 3 is 3.32 bits per heavy atom. The number of amides is 1. The lowest BCUT2D eigenvalue weighted by Gasteiger charge is -2.14. The zero-order valence-electron chi connectivity index (χ0n) is 10.7. The molecule has 0 saturated carbocycles. The summed E-state index contributed by atoms with van der Waals surface area (Å²) in [5, 5.41) is 14.9. The van der Waals surface area contributed by atoms with Crippen molar-refractivity contribution in [1.29, 1.82) is 5.26 Å². The summed E-state index contributed by atoms with van der Waals surface area (Å²) in [7, 11) is 0. The van der Waals surface area contributed by atoms with Crippen LogP contribution in [0.5, 0.6) is 0 Å². The SMILES string of the molecule is N#Cc1cccc(C(=O)NCC2CNCCOC2)c1. The van der Waals surface area contributed by atoms with Crippen LogP contribution >= 0.6 is 0 Å². The van der Waals surface area contributed by atoms with E-state index in [1.165, 1.54) is 0 Å². The zero-order valence-corrected chi connectivity index (χ0v) is 10.7. The number of nitrogens with one attached hydrogen (secondary N) is 2. The Hall–Kier alpha value is -1.90. The molecule has 5 heteroatoms. The van der Waals surface area contributed by atoms with Gasteiger partial charge in [0.25, 0.3) is 5.91 Å². The summed E-state index contributed by atoms with van der Waals surface area (Å²) in [5.41, 5.74) is 1.01. The largest absolute Gasteiger partial charge is 0.380 e. The van der Waals surface area contributed by atoms with Crippen LogP contribution in [0.2, 0.25) is 0 Å². The van der Waals surface area contributed by atoms with E-state index < -0.39 is 0 Å². The number of carbonyl (C=O) groups excluding carboxylic acids is 1. The molecular formula is C14H17N3O2. The molecule has 2 N–H and O–H groups in total. The molecule has 1 atom stereocenters. The van der Waals surface area contributed by atoms with Crippen LogP contribution in [0, 0.1) is 17.2 Å². The van der Waals surface area contributed by atoms with E-state index in [0.29, 0.717) is 30.9 Å². The van der Waals surface area contributed by atoms with E-state index in [1.807, 2.05) is 6.07 Å². The fourth-order valence-corrected chi connectivity index (χ4v) is 1.96. The smallest absolute Gasteiger partial charge is 0.251 e. The summed E-state index contributed by atoms with van der Waals surface area (Å²) < 4.78 is 5.42. The second kappa shape index (κ2) is 6.88. The molecule has 0 aliphatic carbocycles. The Kier molecular flexibility index (Phi) is 4.90. The van der Waals surface area contributed by atoms with Crippen molar-refractivity contribution in [3.05, 3.63) is 35.4 Å². The second-order valence-corrected chi connectivity index (χ2v) is 4.55. The molecular weight excluding hydrogens is 242 g/mol. The number of hydrogen-bond acceptors (Lipinski definition) is 4. The van der Waals surface area contributed by atoms with Gasteiger partial charge in [-0.05, 0) is 18.2 Å². The fraction of sp³-hybridized carbons (Fsp3) is 0.429. The highest BCUT2D eigenvalue weighted by atomic mass is 16.5. The monoisotopic (exact) mass is 259 g/mol. The Labute approximate surface area is 112 Å². The molecule has 1 unspecified atom stereocenters. The highest BCUT2D eigenvalue weighted by Gasteiger charge is 2.14. The van der Waals surface area contributed by atoms with E-state index in [2.05, 4.69) is 10.6 Å². The number of nitrogens with zero attached hydrogens (tertiary/aromatic N) is 1. The molecule has 1 aromatic rings. The van der Waals surface area contributed by atoms with Crippen LogP contribution in [-0.2, 0) is 4.74 Å². The fourth-order valence-electron chi connectivity index (χ4n) is 1.96. The Morgan fingerprint density at radius 2 is 2.47 bits per heavy atom. The molecule has 5 nitrogen and oxygen atoms in total. The Balaban J connectivity index is 1.88. The van der Waals surface area contributed by atoms with Crippen LogP contribution in [0.3, 0.4) is 0 Å². The van der Waals surface area contributed by atoms with Crippen LogP contribution < -0.4 is 10.6 Å². The van der Waals surface area contributed by atoms with E-state index >= 15 is 0 Å². The number of carbonyl (C=O) groups is 1. The van der Waals surface area contributed by atoms with E-state index in [4.69, 9.17) is 10.00 Å². The van der Waals surface area contributed by atoms with Crippen molar-refractivity contribution in [2.75, 3.05) is 32.8 Å². The first kappa shape index (κ1) is 13.5. The minimum Gasteiger partial charge on any atom is -0.380 e. The molecule has 0 bridgehead atoms. The van der Waals surface area contributed by atoms with Crippen molar-refractivity contribution < 1.29 is 9.53 Å². The van der Waals surface area contributed by atoms with E-state index in [9.17, 15) is 4.79 Å². The van der Waals surface area contributed by atoms with Crippen molar-refractivity contribution in [3.63, 3.8) is 0 Å². The maximum atomic E-state index is 12.0. The summed E-state index contributed by atoms with van der Waals surface area (Å²) in [6.07, 6.45) is 0. The minimum absolute atomic E-state index is 0.152. The predicted molar refractivity (Wildman–Crippen MR) is 70.7 cm³/mol. The Bertz CT molecular complexity index is 474. The molecule has 1 fully saturated rings. The molecule has 2 rings (SSSR count). The van der Waals surface area contributed by atoms with E-state index in [0.717, 1.165) is 13.1 Å². The molecule has 1 heterocycles. The van der Waals surface area contributed by atoms with Crippen LogP contribution in [-0.4, -0.2) is 38.8 Å². The molecule has 0 spiro atoms. The third kappa shape index (κ3) is 4.05. The lowest BCUT2D eigenvalue weighted by molar-refractivity contribution is 0.0921. The lowest BCUT2D eigenvalue weighted by Crippen LogP contribution is -2.35. The topological polar surface area (TPSA) is 74.2 Å². The van der Waals surface area contributed by atoms with Gasteiger partial charge in [0, 0.05) is 31.1 Å². The number of ether oxygens (including phenoxy) is 1. The normalized spacial score (nSPS) is 19.2. The summed E-state index contributed by atoms with van der Waals surface area (Å²) in [6.45, 7) is 3.65. The number of nitriles is 1. The zero-order chi connectivity index (χ0) is 13.5. The van der Waals surface area contributed by atoms with Gasteiger partial charge in [0.1, 0.15) is 0 Å². The quantitative estimate of drug-likeness (QED) is 0.830. The van der Waals surface area contributed by atoms with Crippen LogP contribution in [0.25, 0.3) is 0 Å². The number of benzene rings is 1. The van der Waals surface area contributed by atoms with Crippen LogP contribution in [0.15, 0.2) is 24.3 Å². The maximum absolute atomic E-state index is 12.0. The molecule has 19 heavy (non-hydrogen) atoms. The minimum atomic E-state index is -0.152. The van der Waals surface area contributed by atoms with Crippen molar-refractivity contribution in [3.8, 4) is 6.07 Å². The van der Waals surface area contributed by atoms with Gasteiger partial charge in [-0.1, -0.05) is 6.07 Å². The van der Waals surface area contributed by atoms with Gasteiger partial charge >= 0.3 is 0 Å². The van der Waals surface area contributed by atoms with E-state index in [1.54, 1.807) is 24.3 Å². The lowest BCUT2D eigenvalue weighted by atomic mass is 10.1. The van der Waals surface area contributed by atoms with Crippen molar-refractivity contribution in [2.24, 2.45) is 5.92 Å². The van der Waals surface area contributed by atoms with Gasteiger partial charge in [0.05, 0.1) is 24.8 Å². The summed E-state index contributed by atoms with van der Waals surface area (Å²) in [6, 6.07) is 8.72. The summed E-state index contributed by atoms with van der Waals surface area (Å²) in [4.78, 5) is 12.0. The molecule has 1 aromatic carbocycles. The molecule has 1 aliphatic rings. The number of hydrogen-bond donors (Lipinski definition) is 2. The second-order valence-electron chi connectivity index (χ2n) is 4.55. The highest BCUT2D eigenvalue weighted by molar-refractivity contribution is 5.94. The third-order valence-electron chi connectivity index (χ3n) is 3.01. The standard InChI is InChI=1S/C14H17N3O2/c15-7-11-2-1-3-13(6-11)14(18)17-9-12-8-16-4-5-19-10-12/h1-3,6,12,16H,4-5,8-10H2,(H,17,18). The van der Waals surface area contributed by atoms with Gasteiger partial charge in [-0.3, -0.25) is 4.79 Å². The number of rotatable bonds is 3. The van der Waals surface area contributed by atoms with Crippen LogP contribution in [0.4, 0.5) is 0 Å². The molecule has 0 radical (unpaired) electrons. The van der Waals surface area contributed by atoms with Gasteiger partial charge in [0.2, 0.25) is 0 Å². The van der Waals surface area contributed by atoms with Crippen molar-refractivity contribution in [2.45, 2.75) is 0 Å². The van der Waals surface area contributed by atoms with E-state index in [-0.39, 0.29) is 11.8 Å². The third-order valence-corrected chi connectivity index (χ3v) is 3.01. The summed E-state index contributed by atoms with van der Waals surface area (Å²) in [5.74, 6) is 0.131. The average Bonchev–Trinajstić information content (AvgIpc) is 2.73. The van der Waals surface area contributed by atoms with Gasteiger partial charge < -0.3 is 15.4 Å². The van der Waals surface area contributed by atoms with Gasteiger partial charge in [0.15, 0.2) is 0 Å². The van der Waals surface area contributed by atoms with Crippen molar-refractivity contribution >= 4 is 5.91 Å².